The first kappa shape index (κ1) is 8.77. The lowest BCUT2D eigenvalue weighted by Gasteiger charge is -2.04. The van der Waals surface area contributed by atoms with Gasteiger partial charge in [-0.05, 0) is 12.5 Å². The van der Waals surface area contributed by atoms with Gasteiger partial charge in [-0.15, -0.1) is 0 Å². The molecule has 0 amide bonds. The highest BCUT2D eigenvalue weighted by Crippen LogP contribution is 2.01. The Hall–Kier alpha value is -1.32. The van der Waals surface area contributed by atoms with Crippen LogP contribution in [-0.2, 0) is 11.3 Å². The molecule has 1 heterocycles. The second-order valence-corrected chi connectivity index (χ2v) is 2.98. The first-order valence-electron chi connectivity index (χ1n) is 3.81. The summed E-state index contributed by atoms with van der Waals surface area (Å²) in [7, 11) is 0. The van der Waals surface area contributed by atoms with E-state index in [0.29, 0.717) is 6.54 Å². The topological polar surface area (TPSA) is 55.1 Å². The van der Waals surface area contributed by atoms with Crippen LogP contribution in [0.4, 0.5) is 0 Å². The van der Waals surface area contributed by atoms with Crippen molar-refractivity contribution in [3.05, 3.63) is 18.0 Å². The van der Waals surface area contributed by atoms with Gasteiger partial charge in [0.15, 0.2) is 0 Å². The van der Waals surface area contributed by atoms with Crippen molar-refractivity contribution in [1.82, 2.24) is 9.78 Å². The van der Waals surface area contributed by atoms with Crippen molar-refractivity contribution < 1.29 is 9.90 Å². The number of aryl methyl sites for hydroxylation is 1. The Balaban J connectivity index is 2.58. The van der Waals surface area contributed by atoms with E-state index < -0.39 is 5.97 Å². The van der Waals surface area contributed by atoms with Gasteiger partial charge >= 0.3 is 5.97 Å². The minimum absolute atomic E-state index is 0.385. The standard InChI is InChI=1S/C8H12N2O2/c1-6-3-9-10(4-6)5-7(2)8(11)12/h3-4,7H,5H2,1-2H3,(H,11,12)/t7-/m1/s1. The van der Waals surface area contributed by atoms with Gasteiger partial charge in [0.25, 0.3) is 0 Å². The largest absolute Gasteiger partial charge is 0.481 e. The molecule has 0 unspecified atom stereocenters. The van der Waals surface area contributed by atoms with Crippen LogP contribution in [-0.4, -0.2) is 20.9 Å². The van der Waals surface area contributed by atoms with Gasteiger partial charge < -0.3 is 5.11 Å². The first-order chi connectivity index (χ1) is 5.59. The van der Waals surface area contributed by atoms with E-state index in [9.17, 15) is 4.79 Å². The zero-order chi connectivity index (χ0) is 9.14. The highest BCUT2D eigenvalue weighted by molar-refractivity contribution is 5.69. The molecule has 0 aliphatic rings. The van der Waals surface area contributed by atoms with Crippen LogP contribution in [0.5, 0.6) is 0 Å². The summed E-state index contributed by atoms with van der Waals surface area (Å²) in [5.74, 6) is -1.17. The average Bonchev–Trinajstić information content (AvgIpc) is 2.35. The SMILES string of the molecule is Cc1cnn(C[C@@H](C)C(=O)O)c1. The second-order valence-electron chi connectivity index (χ2n) is 2.98. The molecule has 12 heavy (non-hydrogen) atoms. The monoisotopic (exact) mass is 168 g/mol. The van der Waals surface area contributed by atoms with Gasteiger partial charge in [-0.2, -0.15) is 5.10 Å². The van der Waals surface area contributed by atoms with Gasteiger partial charge in [0.05, 0.1) is 18.7 Å². The molecule has 4 nitrogen and oxygen atoms in total. The van der Waals surface area contributed by atoms with Gasteiger partial charge in [0.2, 0.25) is 0 Å². The summed E-state index contributed by atoms with van der Waals surface area (Å²) in [5, 5.41) is 12.6. The third-order valence-corrected chi connectivity index (χ3v) is 1.64. The van der Waals surface area contributed by atoms with Crippen LogP contribution in [0.15, 0.2) is 12.4 Å². The van der Waals surface area contributed by atoms with Gasteiger partial charge in [-0.25, -0.2) is 0 Å². The molecule has 0 bridgehead atoms. The Morgan fingerprint density at radius 3 is 2.92 bits per heavy atom. The Labute approximate surface area is 70.8 Å². The van der Waals surface area contributed by atoms with Crippen LogP contribution in [0.3, 0.4) is 0 Å². The number of nitrogens with zero attached hydrogens (tertiary/aromatic N) is 2. The summed E-state index contributed by atoms with van der Waals surface area (Å²) in [6.07, 6.45) is 3.55. The number of aromatic nitrogens is 2. The Morgan fingerprint density at radius 1 is 1.83 bits per heavy atom. The summed E-state index contributed by atoms with van der Waals surface area (Å²) in [6.45, 7) is 4.03. The second kappa shape index (κ2) is 3.38. The third-order valence-electron chi connectivity index (χ3n) is 1.64. The fourth-order valence-corrected chi connectivity index (χ4v) is 0.925. The number of hydrogen-bond acceptors (Lipinski definition) is 2. The maximum absolute atomic E-state index is 10.5. The van der Waals surface area contributed by atoms with Crippen molar-refractivity contribution in [2.24, 2.45) is 5.92 Å². The van der Waals surface area contributed by atoms with Crippen LogP contribution in [0, 0.1) is 12.8 Å². The summed E-state index contributed by atoms with van der Waals surface area (Å²) in [5.41, 5.74) is 1.05. The van der Waals surface area contributed by atoms with Crippen molar-refractivity contribution >= 4 is 5.97 Å². The van der Waals surface area contributed by atoms with Crippen molar-refractivity contribution in [1.29, 1.82) is 0 Å². The van der Waals surface area contributed by atoms with E-state index in [1.54, 1.807) is 17.8 Å². The summed E-state index contributed by atoms with van der Waals surface area (Å²) in [6, 6.07) is 0. The third kappa shape index (κ3) is 2.08. The molecule has 0 radical (unpaired) electrons. The summed E-state index contributed by atoms with van der Waals surface area (Å²) >= 11 is 0. The van der Waals surface area contributed by atoms with Gasteiger partial charge in [0.1, 0.15) is 0 Å². The fraction of sp³-hybridized carbons (Fsp3) is 0.500. The molecule has 1 aromatic rings. The molecule has 4 heteroatoms. The minimum atomic E-state index is -0.789. The summed E-state index contributed by atoms with van der Waals surface area (Å²) in [4.78, 5) is 10.5. The predicted octanol–water partition coefficient (Wildman–Crippen LogP) is 0.912. The molecular formula is C8H12N2O2. The van der Waals surface area contributed by atoms with E-state index in [4.69, 9.17) is 5.11 Å². The predicted molar refractivity (Wildman–Crippen MR) is 43.8 cm³/mol. The molecule has 0 aliphatic carbocycles. The Kier molecular flexibility index (Phi) is 2.47. The molecule has 1 rings (SSSR count). The lowest BCUT2D eigenvalue weighted by atomic mass is 10.2. The van der Waals surface area contributed by atoms with Crippen LogP contribution in [0.25, 0.3) is 0 Å². The van der Waals surface area contributed by atoms with Crippen LogP contribution in [0.1, 0.15) is 12.5 Å². The van der Waals surface area contributed by atoms with Crippen molar-refractivity contribution in [2.75, 3.05) is 0 Å². The molecule has 0 fully saturated rings. The molecule has 1 atom stereocenters. The fourth-order valence-electron chi connectivity index (χ4n) is 0.925. The molecule has 1 N–H and O–H groups in total. The molecular weight excluding hydrogens is 156 g/mol. The van der Waals surface area contributed by atoms with Crippen molar-refractivity contribution in [2.45, 2.75) is 20.4 Å². The number of carboxylic acids is 1. The maximum atomic E-state index is 10.5. The number of carbonyl (C=O) groups is 1. The van der Waals surface area contributed by atoms with E-state index >= 15 is 0 Å². The highest BCUT2D eigenvalue weighted by Gasteiger charge is 2.11. The quantitative estimate of drug-likeness (QED) is 0.729. The molecule has 1 aromatic heterocycles. The van der Waals surface area contributed by atoms with Crippen LogP contribution in [0.2, 0.25) is 0 Å². The Morgan fingerprint density at radius 2 is 2.50 bits per heavy atom. The van der Waals surface area contributed by atoms with E-state index in [1.807, 2.05) is 13.1 Å². The van der Waals surface area contributed by atoms with Crippen molar-refractivity contribution in [3.63, 3.8) is 0 Å². The molecule has 0 aliphatic heterocycles. The zero-order valence-electron chi connectivity index (χ0n) is 7.19. The highest BCUT2D eigenvalue weighted by atomic mass is 16.4. The van der Waals surface area contributed by atoms with E-state index in [-0.39, 0.29) is 5.92 Å². The molecule has 0 aromatic carbocycles. The Bertz CT molecular complexity index is 280. The molecule has 0 saturated heterocycles. The van der Waals surface area contributed by atoms with Crippen molar-refractivity contribution in [3.8, 4) is 0 Å². The molecule has 66 valence electrons. The first-order valence-corrected chi connectivity index (χ1v) is 3.81. The maximum Gasteiger partial charge on any atom is 0.308 e. The number of rotatable bonds is 3. The minimum Gasteiger partial charge on any atom is -0.481 e. The normalized spacial score (nSPS) is 12.8. The molecule has 0 saturated carbocycles. The number of aliphatic carboxylic acids is 1. The number of carboxylic acid groups (broad SMARTS) is 1. The summed E-state index contributed by atoms with van der Waals surface area (Å²) < 4.78 is 1.65. The smallest absolute Gasteiger partial charge is 0.308 e. The van der Waals surface area contributed by atoms with E-state index in [2.05, 4.69) is 5.10 Å². The van der Waals surface area contributed by atoms with Gasteiger partial charge in [-0.3, -0.25) is 9.48 Å². The average molecular weight is 168 g/mol. The van der Waals surface area contributed by atoms with Crippen LogP contribution < -0.4 is 0 Å². The van der Waals surface area contributed by atoms with Gasteiger partial charge in [0, 0.05) is 6.20 Å². The molecule has 0 spiro atoms. The lowest BCUT2D eigenvalue weighted by molar-refractivity contribution is -0.141. The number of hydrogen-bond donors (Lipinski definition) is 1. The zero-order valence-corrected chi connectivity index (χ0v) is 7.19. The lowest BCUT2D eigenvalue weighted by Crippen LogP contribution is -2.16. The van der Waals surface area contributed by atoms with Gasteiger partial charge in [-0.1, -0.05) is 6.92 Å². The van der Waals surface area contributed by atoms with E-state index in [0.717, 1.165) is 5.56 Å². The van der Waals surface area contributed by atoms with Crippen LogP contribution >= 0.6 is 0 Å². The van der Waals surface area contributed by atoms with E-state index in [1.165, 1.54) is 0 Å².